The lowest BCUT2D eigenvalue weighted by Crippen LogP contribution is -2.41. The number of nitrogens with zero attached hydrogens (tertiary/aromatic N) is 5. The summed E-state index contributed by atoms with van der Waals surface area (Å²) in [5.74, 6) is 0.283. The van der Waals surface area contributed by atoms with Crippen molar-refractivity contribution >= 4 is 11.8 Å². The number of fused-ring (bicyclic) bond motifs is 1. The largest absolute Gasteiger partial charge is 0.481 e. The van der Waals surface area contributed by atoms with Gasteiger partial charge >= 0.3 is 0 Å². The molecule has 27 heavy (non-hydrogen) atoms. The molecule has 2 aliphatic rings. The lowest BCUT2D eigenvalue weighted by Gasteiger charge is -2.27. The SMILES string of the molecule is COc1ccc(C(=O)N2CCn3nc(C(=O)N4CCOCC4)cc3C2)cn1. The van der Waals surface area contributed by atoms with E-state index in [4.69, 9.17) is 9.47 Å². The highest BCUT2D eigenvalue weighted by molar-refractivity contribution is 5.94. The molecule has 0 radical (unpaired) electrons. The van der Waals surface area contributed by atoms with E-state index in [1.165, 1.54) is 13.3 Å². The molecule has 0 N–H and O–H groups in total. The highest BCUT2D eigenvalue weighted by Crippen LogP contribution is 2.18. The Morgan fingerprint density at radius 3 is 2.59 bits per heavy atom. The van der Waals surface area contributed by atoms with Crippen molar-refractivity contribution in [1.29, 1.82) is 0 Å². The molecule has 0 atom stereocenters. The monoisotopic (exact) mass is 371 g/mol. The Morgan fingerprint density at radius 2 is 1.89 bits per heavy atom. The Labute approximate surface area is 156 Å². The van der Waals surface area contributed by atoms with E-state index in [-0.39, 0.29) is 11.8 Å². The van der Waals surface area contributed by atoms with E-state index in [1.54, 1.807) is 28.0 Å². The first-order valence-electron chi connectivity index (χ1n) is 8.89. The molecule has 0 unspecified atom stereocenters. The normalized spacial score (nSPS) is 16.8. The summed E-state index contributed by atoms with van der Waals surface area (Å²) < 4.78 is 12.1. The molecule has 9 heteroatoms. The number of morpholine rings is 1. The molecule has 2 aromatic rings. The molecular weight excluding hydrogens is 350 g/mol. The second-order valence-corrected chi connectivity index (χ2v) is 6.46. The Balaban J connectivity index is 1.47. The lowest BCUT2D eigenvalue weighted by atomic mass is 10.2. The molecule has 0 bridgehead atoms. The predicted octanol–water partition coefficient (Wildman–Crippen LogP) is 0.415. The highest BCUT2D eigenvalue weighted by atomic mass is 16.5. The van der Waals surface area contributed by atoms with Crippen LogP contribution in [0, 0.1) is 0 Å². The molecule has 9 nitrogen and oxygen atoms in total. The number of hydrogen-bond acceptors (Lipinski definition) is 6. The molecule has 0 spiro atoms. The van der Waals surface area contributed by atoms with Crippen molar-refractivity contribution in [2.45, 2.75) is 13.1 Å². The number of hydrogen-bond donors (Lipinski definition) is 0. The van der Waals surface area contributed by atoms with E-state index in [0.29, 0.717) is 63.1 Å². The molecule has 2 aliphatic heterocycles. The predicted molar refractivity (Wildman–Crippen MR) is 94.5 cm³/mol. The van der Waals surface area contributed by atoms with Gasteiger partial charge in [0.2, 0.25) is 5.88 Å². The van der Waals surface area contributed by atoms with Crippen LogP contribution < -0.4 is 4.74 Å². The van der Waals surface area contributed by atoms with Crippen LogP contribution in [0.2, 0.25) is 0 Å². The van der Waals surface area contributed by atoms with Gasteiger partial charge in [-0.15, -0.1) is 0 Å². The minimum absolute atomic E-state index is 0.0857. The third kappa shape index (κ3) is 3.50. The van der Waals surface area contributed by atoms with Gasteiger partial charge in [0.1, 0.15) is 0 Å². The maximum absolute atomic E-state index is 12.7. The van der Waals surface area contributed by atoms with Crippen molar-refractivity contribution in [2.75, 3.05) is 40.0 Å². The zero-order chi connectivity index (χ0) is 18.8. The second kappa shape index (κ2) is 7.36. The first kappa shape index (κ1) is 17.5. The molecule has 2 amide bonds. The molecule has 2 aromatic heterocycles. The van der Waals surface area contributed by atoms with Crippen LogP contribution in [0.1, 0.15) is 26.5 Å². The summed E-state index contributed by atoms with van der Waals surface area (Å²) in [6.07, 6.45) is 1.51. The van der Waals surface area contributed by atoms with E-state index in [2.05, 4.69) is 10.1 Å². The van der Waals surface area contributed by atoms with Gasteiger partial charge in [0.15, 0.2) is 5.69 Å². The molecule has 1 fully saturated rings. The lowest BCUT2D eigenvalue weighted by molar-refractivity contribution is 0.0298. The topological polar surface area (TPSA) is 89.8 Å². The van der Waals surface area contributed by atoms with Crippen LogP contribution in [0.15, 0.2) is 24.4 Å². The van der Waals surface area contributed by atoms with E-state index < -0.39 is 0 Å². The molecule has 1 saturated heterocycles. The van der Waals surface area contributed by atoms with Crippen LogP contribution in [0.25, 0.3) is 0 Å². The minimum atomic E-state index is -0.0985. The van der Waals surface area contributed by atoms with Gasteiger partial charge in [0, 0.05) is 31.9 Å². The zero-order valence-corrected chi connectivity index (χ0v) is 15.1. The van der Waals surface area contributed by atoms with Gasteiger partial charge < -0.3 is 19.3 Å². The van der Waals surface area contributed by atoms with Crippen molar-refractivity contribution in [1.82, 2.24) is 24.6 Å². The van der Waals surface area contributed by atoms with Crippen molar-refractivity contribution in [3.05, 3.63) is 41.3 Å². The first-order valence-corrected chi connectivity index (χ1v) is 8.89. The average Bonchev–Trinajstić information content (AvgIpc) is 3.16. The third-order valence-electron chi connectivity index (χ3n) is 4.79. The standard InChI is InChI=1S/C18H21N5O4/c1-26-16-3-2-13(11-19-16)17(24)22-4-5-23-14(12-22)10-15(20-23)18(25)21-6-8-27-9-7-21/h2-3,10-11H,4-9,12H2,1H3. The van der Waals surface area contributed by atoms with Gasteiger partial charge in [-0.05, 0) is 12.1 Å². The Kier molecular flexibility index (Phi) is 4.76. The van der Waals surface area contributed by atoms with E-state index in [1.807, 2.05) is 4.68 Å². The molecule has 142 valence electrons. The molecular formula is C18H21N5O4. The van der Waals surface area contributed by atoms with Gasteiger partial charge in [-0.3, -0.25) is 14.3 Å². The number of ether oxygens (including phenoxy) is 2. The highest BCUT2D eigenvalue weighted by Gasteiger charge is 2.27. The molecule has 4 heterocycles. The molecule has 0 aromatic carbocycles. The fraction of sp³-hybridized carbons (Fsp3) is 0.444. The maximum atomic E-state index is 12.7. The Morgan fingerprint density at radius 1 is 1.07 bits per heavy atom. The van der Waals surface area contributed by atoms with E-state index >= 15 is 0 Å². The second-order valence-electron chi connectivity index (χ2n) is 6.46. The van der Waals surface area contributed by atoms with E-state index in [9.17, 15) is 9.59 Å². The van der Waals surface area contributed by atoms with E-state index in [0.717, 1.165) is 5.69 Å². The van der Waals surface area contributed by atoms with Crippen LogP contribution in [0.5, 0.6) is 5.88 Å². The smallest absolute Gasteiger partial charge is 0.274 e. The van der Waals surface area contributed by atoms with Gasteiger partial charge in [0.05, 0.1) is 44.7 Å². The number of carbonyl (C=O) groups is 2. The van der Waals surface area contributed by atoms with Crippen LogP contribution in [-0.2, 0) is 17.8 Å². The number of methoxy groups -OCH3 is 1. The summed E-state index contributed by atoms with van der Waals surface area (Å²) in [7, 11) is 1.53. The number of amides is 2. The summed E-state index contributed by atoms with van der Waals surface area (Å²) in [5, 5.41) is 4.43. The van der Waals surface area contributed by atoms with Crippen molar-refractivity contribution < 1.29 is 19.1 Å². The Bertz CT molecular complexity index is 842. The summed E-state index contributed by atoms with van der Waals surface area (Å²) in [6.45, 7) is 3.77. The van der Waals surface area contributed by atoms with Crippen LogP contribution >= 0.6 is 0 Å². The van der Waals surface area contributed by atoms with Crippen LogP contribution in [-0.4, -0.2) is 76.3 Å². The average molecular weight is 371 g/mol. The summed E-state index contributed by atoms with van der Waals surface area (Å²) in [5.41, 5.74) is 1.79. The molecule has 0 aliphatic carbocycles. The fourth-order valence-corrected chi connectivity index (χ4v) is 3.28. The summed E-state index contributed by atoms with van der Waals surface area (Å²) in [6, 6.07) is 5.15. The summed E-state index contributed by atoms with van der Waals surface area (Å²) in [4.78, 5) is 32.9. The zero-order valence-electron chi connectivity index (χ0n) is 15.1. The molecule has 0 saturated carbocycles. The Hall–Kier alpha value is -2.94. The molecule has 4 rings (SSSR count). The van der Waals surface area contributed by atoms with Crippen LogP contribution in [0.4, 0.5) is 0 Å². The van der Waals surface area contributed by atoms with Crippen molar-refractivity contribution in [3.63, 3.8) is 0 Å². The minimum Gasteiger partial charge on any atom is -0.481 e. The fourth-order valence-electron chi connectivity index (χ4n) is 3.28. The maximum Gasteiger partial charge on any atom is 0.274 e. The quantitative estimate of drug-likeness (QED) is 0.777. The van der Waals surface area contributed by atoms with Gasteiger partial charge in [-0.1, -0.05) is 0 Å². The van der Waals surface area contributed by atoms with Gasteiger partial charge in [-0.2, -0.15) is 5.10 Å². The van der Waals surface area contributed by atoms with Gasteiger partial charge in [0.25, 0.3) is 11.8 Å². The van der Waals surface area contributed by atoms with Crippen LogP contribution in [0.3, 0.4) is 0 Å². The number of carbonyl (C=O) groups excluding carboxylic acids is 2. The number of rotatable bonds is 3. The first-order chi connectivity index (χ1) is 13.2. The van der Waals surface area contributed by atoms with Crippen molar-refractivity contribution in [3.8, 4) is 5.88 Å². The number of pyridine rings is 1. The summed E-state index contributed by atoms with van der Waals surface area (Å²) >= 11 is 0. The number of aromatic nitrogens is 3. The van der Waals surface area contributed by atoms with Gasteiger partial charge in [-0.25, -0.2) is 4.98 Å². The van der Waals surface area contributed by atoms with Crippen molar-refractivity contribution in [2.24, 2.45) is 0 Å². The third-order valence-corrected chi connectivity index (χ3v) is 4.79.